The Morgan fingerprint density at radius 3 is 2.88 bits per heavy atom. The summed E-state index contributed by atoms with van der Waals surface area (Å²) in [6, 6.07) is 5.76. The first-order valence-corrected chi connectivity index (χ1v) is 9.83. The van der Waals surface area contributed by atoms with Gasteiger partial charge in [-0.15, -0.1) is 11.8 Å². The van der Waals surface area contributed by atoms with E-state index in [1.54, 1.807) is 6.20 Å². The minimum Gasteiger partial charge on any atom is -0.481 e. The van der Waals surface area contributed by atoms with E-state index in [9.17, 15) is 4.79 Å². The predicted molar refractivity (Wildman–Crippen MR) is 99.1 cm³/mol. The fourth-order valence-electron chi connectivity index (χ4n) is 2.65. The number of carboxylic acids is 1. The van der Waals surface area contributed by atoms with Crippen LogP contribution in [0.15, 0.2) is 39.6 Å². The molecule has 0 saturated carbocycles. The Morgan fingerprint density at radius 1 is 1.32 bits per heavy atom. The minimum atomic E-state index is -0.934. The summed E-state index contributed by atoms with van der Waals surface area (Å²) in [6.45, 7) is 1.00. The molecule has 25 heavy (non-hydrogen) atoms. The first-order chi connectivity index (χ1) is 12.2. The Kier molecular flexibility index (Phi) is 4.46. The van der Waals surface area contributed by atoms with Crippen molar-refractivity contribution in [3.63, 3.8) is 0 Å². The van der Waals surface area contributed by atoms with Gasteiger partial charge < -0.3 is 14.4 Å². The summed E-state index contributed by atoms with van der Waals surface area (Å²) in [7, 11) is 0. The van der Waals surface area contributed by atoms with Crippen molar-refractivity contribution >= 4 is 34.9 Å². The zero-order chi connectivity index (χ0) is 17.2. The number of carboxylic acid groups (broad SMARTS) is 1. The fraction of sp³-hybridized carbons (Fsp3) is 0.235. The van der Waals surface area contributed by atoms with Crippen molar-refractivity contribution in [2.24, 2.45) is 0 Å². The lowest BCUT2D eigenvalue weighted by atomic mass is 10.2. The summed E-state index contributed by atoms with van der Waals surface area (Å²) in [4.78, 5) is 22.2. The van der Waals surface area contributed by atoms with Crippen LogP contribution < -0.4 is 4.90 Å². The molecule has 1 aliphatic heterocycles. The van der Waals surface area contributed by atoms with E-state index in [0.29, 0.717) is 17.3 Å². The monoisotopic (exact) mass is 373 g/mol. The molecule has 1 aliphatic rings. The molecular formula is C17H15N3O3S2. The van der Waals surface area contributed by atoms with Gasteiger partial charge in [-0.3, -0.25) is 4.79 Å². The van der Waals surface area contributed by atoms with Crippen molar-refractivity contribution < 1.29 is 14.3 Å². The molecule has 3 aromatic heterocycles. The van der Waals surface area contributed by atoms with Crippen molar-refractivity contribution in [1.29, 1.82) is 0 Å². The van der Waals surface area contributed by atoms with Gasteiger partial charge in [-0.2, -0.15) is 11.3 Å². The summed E-state index contributed by atoms with van der Waals surface area (Å²) >= 11 is 3.42. The molecular weight excluding hydrogens is 358 g/mol. The van der Waals surface area contributed by atoms with Crippen LogP contribution in [-0.4, -0.2) is 39.2 Å². The Morgan fingerprint density at radius 2 is 2.24 bits per heavy atom. The summed E-state index contributed by atoms with van der Waals surface area (Å²) in [5, 5.41) is 13.0. The number of thioether (sulfide) groups is 1. The van der Waals surface area contributed by atoms with Gasteiger partial charge in [0.1, 0.15) is 5.82 Å². The van der Waals surface area contributed by atoms with Crippen molar-refractivity contribution in [3.8, 4) is 22.8 Å². The normalized spacial score (nSPS) is 14.2. The molecule has 0 bridgehead atoms. The van der Waals surface area contributed by atoms with Gasteiger partial charge in [0.05, 0.1) is 23.6 Å². The Hall–Kier alpha value is -2.32. The van der Waals surface area contributed by atoms with E-state index in [0.717, 1.165) is 35.1 Å². The Labute approximate surface area is 152 Å². The van der Waals surface area contributed by atoms with Gasteiger partial charge in [-0.05, 0) is 23.6 Å². The number of hydrogen-bond donors (Lipinski definition) is 1. The predicted octanol–water partition coefficient (Wildman–Crippen LogP) is 3.60. The zero-order valence-corrected chi connectivity index (χ0v) is 14.8. The molecule has 1 N–H and O–H groups in total. The molecule has 4 rings (SSSR count). The minimum absolute atomic E-state index is 0.175. The molecule has 0 aromatic carbocycles. The number of hydrogen-bond acceptors (Lipinski definition) is 7. The number of thiophene rings is 1. The molecule has 6 nitrogen and oxygen atoms in total. The number of aliphatic carboxylic acids is 1. The second-order valence-corrected chi connectivity index (χ2v) is 7.44. The van der Waals surface area contributed by atoms with Crippen LogP contribution in [0.5, 0.6) is 0 Å². The Bertz CT molecular complexity index is 869. The van der Waals surface area contributed by atoms with E-state index in [2.05, 4.69) is 14.9 Å². The van der Waals surface area contributed by atoms with Crippen molar-refractivity contribution in [2.45, 2.75) is 6.42 Å². The van der Waals surface area contributed by atoms with Crippen molar-refractivity contribution in [2.75, 3.05) is 23.1 Å². The second kappa shape index (κ2) is 6.89. The van der Waals surface area contributed by atoms with E-state index in [4.69, 9.17) is 9.52 Å². The van der Waals surface area contributed by atoms with Crippen molar-refractivity contribution in [3.05, 3.63) is 40.8 Å². The molecule has 0 spiro atoms. The molecule has 0 amide bonds. The Balaban J connectivity index is 1.66. The van der Waals surface area contributed by atoms with Crippen LogP contribution in [0.3, 0.4) is 0 Å². The van der Waals surface area contributed by atoms with Gasteiger partial charge in [0.25, 0.3) is 0 Å². The van der Waals surface area contributed by atoms with Crippen LogP contribution in [0.2, 0.25) is 0 Å². The van der Waals surface area contributed by atoms with Gasteiger partial charge in [0, 0.05) is 29.4 Å². The van der Waals surface area contributed by atoms with E-state index in [1.165, 1.54) is 11.3 Å². The zero-order valence-electron chi connectivity index (χ0n) is 13.2. The smallest absolute Gasteiger partial charge is 0.309 e. The van der Waals surface area contributed by atoms with Crippen molar-refractivity contribution in [1.82, 2.24) is 9.97 Å². The van der Waals surface area contributed by atoms with E-state index in [-0.39, 0.29) is 6.42 Å². The number of nitrogens with zero attached hydrogens (tertiary/aromatic N) is 3. The molecule has 3 aromatic rings. The highest BCUT2D eigenvalue weighted by atomic mass is 32.2. The number of aromatic nitrogens is 2. The number of pyridine rings is 1. The SMILES string of the molecule is O=C(O)Cc1nc(-c2ccc(N3CCSC3)nc2)oc1-c1ccsc1. The number of anilines is 1. The van der Waals surface area contributed by atoms with Crippen LogP contribution in [-0.2, 0) is 11.2 Å². The van der Waals surface area contributed by atoms with E-state index >= 15 is 0 Å². The summed E-state index contributed by atoms with van der Waals surface area (Å²) in [5.74, 6) is 2.98. The van der Waals surface area contributed by atoms with Gasteiger partial charge in [-0.25, -0.2) is 9.97 Å². The number of rotatable bonds is 5. The fourth-order valence-corrected chi connectivity index (χ4v) is 4.25. The topological polar surface area (TPSA) is 79.5 Å². The van der Waals surface area contributed by atoms with Crippen LogP contribution >= 0.6 is 23.1 Å². The second-order valence-electron chi connectivity index (χ2n) is 5.58. The maximum Gasteiger partial charge on any atom is 0.309 e. The lowest BCUT2D eigenvalue weighted by Gasteiger charge is -2.14. The largest absolute Gasteiger partial charge is 0.481 e. The lowest BCUT2D eigenvalue weighted by Crippen LogP contribution is -2.18. The average molecular weight is 373 g/mol. The van der Waals surface area contributed by atoms with Crippen LogP contribution in [0.25, 0.3) is 22.8 Å². The van der Waals surface area contributed by atoms with Gasteiger partial charge >= 0.3 is 5.97 Å². The molecule has 0 aliphatic carbocycles. The molecule has 128 valence electrons. The molecule has 1 fully saturated rings. The van der Waals surface area contributed by atoms with Crippen LogP contribution in [0.4, 0.5) is 5.82 Å². The third-order valence-corrected chi connectivity index (χ3v) is 5.52. The maximum absolute atomic E-state index is 11.1. The lowest BCUT2D eigenvalue weighted by molar-refractivity contribution is -0.136. The number of carbonyl (C=O) groups is 1. The standard InChI is InChI=1S/C17H15N3O3S2/c21-15(22)7-13-16(12-3-5-24-9-12)23-17(19-13)11-1-2-14(18-8-11)20-4-6-25-10-20/h1-3,5,8-9H,4,6-7,10H2,(H,21,22). The summed E-state index contributed by atoms with van der Waals surface area (Å²) in [6.07, 6.45) is 1.55. The van der Waals surface area contributed by atoms with Gasteiger partial charge in [0.2, 0.25) is 5.89 Å². The highest BCUT2D eigenvalue weighted by Crippen LogP contribution is 2.32. The van der Waals surface area contributed by atoms with E-state index in [1.807, 2.05) is 40.7 Å². The highest BCUT2D eigenvalue weighted by molar-refractivity contribution is 7.99. The number of oxazole rings is 1. The van der Waals surface area contributed by atoms with Gasteiger partial charge in [-0.1, -0.05) is 0 Å². The summed E-state index contributed by atoms with van der Waals surface area (Å²) < 4.78 is 5.89. The molecule has 1 saturated heterocycles. The van der Waals surface area contributed by atoms with E-state index < -0.39 is 5.97 Å². The molecule has 4 heterocycles. The third-order valence-electron chi connectivity index (χ3n) is 3.87. The quantitative estimate of drug-likeness (QED) is 0.732. The molecule has 8 heteroatoms. The average Bonchev–Trinajstić information content (AvgIpc) is 3.36. The molecule has 0 radical (unpaired) electrons. The maximum atomic E-state index is 11.1. The summed E-state index contributed by atoms with van der Waals surface area (Å²) in [5.41, 5.74) is 2.02. The first-order valence-electron chi connectivity index (χ1n) is 7.74. The molecule has 0 atom stereocenters. The van der Waals surface area contributed by atoms with Crippen LogP contribution in [0.1, 0.15) is 5.69 Å². The highest BCUT2D eigenvalue weighted by Gasteiger charge is 2.20. The van der Waals surface area contributed by atoms with Gasteiger partial charge in [0.15, 0.2) is 5.76 Å². The molecule has 0 unspecified atom stereocenters. The van der Waals surface area contributed by atoms with Crippen LogP contribution in [0, 0.1) is 0 Å². The first kappa shape index (κ1) is 16.2. The third kappa shape index (κ3) is 3.40.